The normalized spacial score (nSPS) is 9.09. The zero-order valence-corrected chi connectivity index (χ0v) is 7.31. The van der Waals surface area contributed by atoms with E-state index < -0.39 is 0 Å². The third-order valence-corrected chi connectivity index (χ3v) is 1.35. The average molecular weight is 154 g/mol. The second-order valence-electron chi connectivity index (χ2n) is 2.64. The minimum atomic E-state index is -0.265. The fourth-order valence-corrected chi connectivity index (χ4v) is 0.601. The van der Waals surface area contributed by atoms with Gasteiger partial charge in [0.2, 0.25) is 0 Å². The molecule has 0 amide bonds. The maximum atomic E-state index is 10.4. The fourth-order valence-electron chi connectivity index (χ4n) is 0.601. The number of hydrogen-bond donors (Lipinski definition) is 0. The van der Waals surface area contributed by atoms with E-state index in [0.717, 1.165) is 5.57 Å². The second kappa shape index (κ2) is 4.75. The number of ether oxygens (including phenoxy) is 1. The van der Waals surface area contributed by atoms with Gasteiger partial charge in [0.15, 0.2) is 0 Å². The molecule has 11 heavy (non-hydrogen) atoms. The first kappa shape index (κ1) is 9.99. The monoisotopic (exact) mass is 154 g/mol. The van der Waals surface area contributed by atoms with Crippen LogP contribution in [0.15, 0.2) is 17.9 Å². The molecular weight excluding hydrogens is 140 g/mol. The van der Waals surface area contributed by atoms with Gasteiger partial charge in [-0.25, -0.2) is 0 Å². The molecule has 2 nitrogen and oxygen atoms in total. The first-order valence-corrected chi connectivity index (χ1v) is 3.60. The molecule has 0 aromatic carbocycles. The third-order valence-electron chi connectivity index (χ3n) is 1.35. The summed E-state index contributed by atoms with van der Waals surface area (Å²) in [4.78, 5) is 10.4. The van der Waals surface area contributed by atoms with Crippen LogP contribution in [0, 0.1) is 5.92 Å². The molecule has 0 atom stereocenters. The van der Waals surface area contributed by atoms with Crippen LogP contribution in [0.4, 0.5) is 0 Å². The largest absolute Gasteiger partial charge is 0.461 e. The molecule has 0 fully saturated rings. The van der Waals surface area contributed by atoms with Gasteiger partial charge in [-0.1, -0.05) is 20.4 Å². The van der Waals surface area contributed by atoms with E-state index in [4.69, 9.17) is 4.74 Å². The lowest BCUT2D eigenvalue weighted by atomic mass is 10.1. The Hall–Kier alpha value is -1.01. The molecule has 0 bridgehead atoms. The van der Waals surface area contributed by atoms with E-state index in [9.17, 15) is 4.79 Å². The molecule has 2 heteroatoms. The van der Waals surface area contributed by atoms with Crippen LogP contribution < -0.4 is 0 Å². The van der Waals surface area contributed by atoms with E-state index in [-0.39, 0.29) is 5.97 Å². The lowest BCUT2D eigenvalue weighted by Crippen LogP contribution is -2.06. The molecule has 0 aromatic heterocycles. The Kier molecular flexibility index (Phi) is 4.32. The lowest BCUT2D eigenvalue weighted by Gasteiger charge is -2.07. The number of hydrogen-bond acceptors (Lipinski definition) is 2. The topological polar surface area (TPSA) is 26.3 Å². The predicted molar refractivity (Wildman–Crippen MR) is 44.1 cm³/mol. The SMILES string of the molecule is C=C=C(COC(C)=O)C(C)C. The van der Waals surface area contributed by atoms with Gasteiger partial charge in [-0.2, -0.15) is 0 Å². The van der Waals surface area contributed by atoms with Gasteiger partial charge in [0.1, 0.15) is 6.61 Å². The lowest BCUT2D eigenvalue weighted by molar-refractivity contribution is -0.140. The molecule has 0 heterocycles. The van der Waals surface area contributed by atoms with Crippen molar-refractivity contribution in [1.82, 2.24) is 0 Å². The van der Waals surface area contributed by atoms with Gasteiger partial charge in [-0.15, -0.1) is 5.73 Å². The number of carbonyl (C=O) groups excluding carboxylic acids is 1. The molecule has 0 radical (unpaired) electrons. The van der Waals surface area contributed by atoms with Crippen LogP contribution in [0.5, 0.6) is 0 Å². The standard InChI is InChI=1S/C9H14O2/c1-5-9(7(2)3)6-11-8(4)10/h7H,1,6H2,2-4H3. The van der Waals surface area contributed by atoms with E-state index in [2.05, 4.69) is 12.3 Å². The van der Waals surface area contributed by atoms with Gasteiger partial charge >= 0.3 is 5.97 Å². The smallest absolute Gasteiger partial charge is 0.302 e. The van der Waals surface area contributed by atoms with Crippen molar-refractivity contribution in [2.75, 3.05) is 6.61 Å². The second-order valence-corrected chi connectivity index (χ2v) is 2.64. The van der Waals surface area contributed by atoms with Crippen molar-refractivity contribution in [3.63, 3.8) is 0 Å². The van der Waals surface area contributed by atoms with Crippen LogP contribution in [0.1, 0.15) is 20.8 Å². The highest BCUT2D eigenvalue weighted by Crippen LogP contribution is 2.07. The van der Waals surface area contributed by atoms with E-state index in [1.807, 2.05) is 13.8 Å². The quantitative estimate of drug-likeness (QED) is 0.458. The highest BCUT2D eigenvalue weighted by atomic mass is 16.5. The molecule has 0 aliphatic heterocycles. The van der Waals surface area contributed by atoms with Crippen molar-refractivity contribution in [3.8, 4) is 0 Å². The Morgan fingerprint density at radius 3 is 2.45 bits per heavy atom. The third kappa shape index (κ3) is 4.40. The summed E-state index contributed by atoms with van der Waals surface area (Å²) in [6.45, 7) is 9.23. The number of esters is 1. The van der Waals surface area contributed by atoms with E-state index in [1.54, 1.807) is 0 Å². The molecule has 0 aliphatic rings. The zero-order chi connectivity index (χ0) is 8.85. The van der Waals surface area contributed by atoms with Crippen molar-refractivity contribution >= 4 is 5.97 Å². The summed E-state index contributed by atoms with van der Waals surface area (Å²) in [5.74, 6) is 0.0743. The van der Waals surface area contributed by atoms with Crippen molar-refractivity contribution in [2.24, 2.45) is 5.92 Å². The van der Waals surface area contributed by atoms with Gasteiger partial charge in [0, 0.05) is 12.5 Å². The number of carbonyl (C=O) groups is 1. The van der Waals surface area contributed by atoms with Crippen LogP contribution >= 0.6 is 0 Å². The van der Waals surface area contributed by atoms with Crippen LogP contribution in [-0.2, 0) is 9.53 Å². The minimum Gasteiger partial charge on any atom is -0.461 e. The van der Waals surface area contributed by atoms with Crippen molar-refractivity contribution < 1.29 is 9.53 Å². The van der Waals surface area contributed by atoms with Gasteiger partial charge in [-0.3, -0.25) is 4.79 Å². The molecule has 0 spiro atoms. The zero-order valence-electron chi connectivity index (χ0n) is 7.31. The summed E-state index contributed by atoms with van der Waals surface area (Å²) >= 11 is 0. The molecular formula is C9H14O2. The molecule has 0 aliphatic carbocycles. The van der Waals surface area contributed by atoms with E-state index in [1.165, 1.54) is 6.92 Å². The van der Waals surface area contributed by atoms with Crippen LogP contribution in [0.25, 0.3) is 0 Å². The van der Waals surface area contributed by atoms with E-state index in [0.29, 0.717) is 12.5 Å². The summed E-state index contributed by atoms with van der Waals surface area (Å²) in [6, 6.07) is 0. The summed E-state index contributed by atoms with van der Waals surface area (Å²) in [7, 11) is 0. The maximum absolute atomic E-state index is 10.4. The Morgan fingerprint density at radius 2 is 2.18 bits per heavy atom. The molecule has 0 saturated carbocycles. The van der Waals surface area contributed by atoms with Crippen LogP contribution in [0.3, 0.4) is 0 Å². The van der Waals surface area contributed by atoms with Crippen molar-refractivity contribution in [2.45, 2.75) is 20.8 Å². The summed E-state index contributed by atoms with van der Waals surface area (Å²) < 4.78 is 4.78. The molecule has 62 valence electrons. The molecule has 0 N–H and O–H groups in total. The summed E-state index contributed by atoms with van der Waals surface area (Å²) in [5.41, 5.74) is 3.68. The summed E-state index contributed by atoms with van der Waals surface area (Å²) in [6.07, 6.45) is 0. The van der Waals surface area contributed by atoms with E-state index >= 15 is 0 Å². The highest BCUT2D eigenvalue weighted by molar-refractivity contribution is 5.66. The summed E-state index contributed by atoms with van der Waals surface area (Å²) in [5, 5.41) is 0. The van der Waals surface area contributed by atoms with Gasteiger partial charge in [0.25, 0.3) is 0 Å². The molecule has 0 saturated heterocycles. The Balaban J connectivity index is 3.92. The van der Waals surface area contributed by atoms with Crippen molar-refractivity contribution in [1.29, 1.82) is 0 Å². The Bertz CT molecular complexity index is 186. The molecule has 0 aromatic rings. The Labute approximate surface area is 67.6 Å². The van der Waals surface area contributed by atoms with Crippen LogP contribution in [0.2, 0.25) is 0 Å². The van der Waals surface area contributed by atoms with Gasteiger partial charge in [-0.05, 0) is 5.92 Å². The van der Waals surface area contributed by atoms with Crippen LogP contribution in [-0.4, -0.2) is 12.6 Å². The first-order chi connectivity index (χ1) is 5.07. The number of rotatable bonds is 3. The molecule has 0 unspecified atom stereocenters. The average Bonchev–Trinajstić information content (AvgIpc) is 1.87. The molecule has 0 rings (SSSR count). The fraction of sp³-hybridized carbons (Fsp3) is 0.556. The maximum Gasteiger partial charge on any atom is 0.302 e. The predicted octanol–water partition coefficient (Wildman–Crippen LogP) is 1.92. The van der Waals surface area contributed by atoms with Gasteiger partial charge in [0.05, 0.1) is 0 Å². The Morgan fingerprint density at radius 1 is 1.64 bits per heavy atom. The first-order valence-electron chi connectivity index (χ1n) is 3.60. The minimum absolute atomic E-state index is 0.265. The van der Waals surface area contributed by atoms with Gasteiger partial charge < -0.3 is 4.74 Å². The van der Waals surface area contributed by atoms with Crippen molar-refractivity contribution in [3.05, 3.63) is 17.9 Å². The highest BCUT2D eigenvalue weighted by Gasteiger charge is 2.03.